The SMILES string of the molecule is CN(C)c1ccc(CNC(=O)c2cccnc2Oc2ccc(F)cc2)cc1. The zero-order chi connectivity index (χ0) is 19.2. The molecule has 0 saturated carbocycles. The van der Waals surface area contributed by atoms with Crippen molar-refractivity contribution in [2.24, 2.45) is 0 Å². The molecule has 1 N–H and O–H groups in total. The molecule has 0 fully saturated rings. The van der Waals surface area contributed by atoms with Crippen LogP contribution in [0.5, 0.6) is 11.6 Å². The maximum atomic E-state index is 13.0. The van der Waals surface area contributed by atoms with Gasteiger partial charge in [-0.15, -0.1) is 0 Å². The highest BCUT2D eigenvalue weighted by Gasteiger charge is 2.14. The number of ether oxygens (including phenoxy) is 1. The maximum absolute atomic E-state index is 13.0. The largest absolute Gasteiger partial charge is 0.438 e. The van der Waals surface area contributed by atoms with E-state index >= 15 is 0 Å². The molecule has 6 heteroatoms. The number of hydrogen-bond acceptors (Lipinski definition) is 4. The zero-order valence-corrected chi connectivity index (χ0v) is 15.1. The molecule has 138 valence electrons. The number of rotatable bonds is 6. The molecule has 5 nitrogen and oxygen atoms in total. The average molecular weight is 365 g/mol. The second kappa shape index (κ2) is 8.31. The van der Waals surface area contributed by atoms with Gasteiger partial charge < -0.3 is 15.0 Å². The molecule has 0 aliphatic rings. The minimum atomic E-state index is -0.360. The molecule has 1 amide bonds. The van der Waals surface area contributed by atoms with Crippen LogP contribution in [-0.2, 0) is 6.54 Å². The summed E-state index contributed by atoms with van der Waals surface area (Å²) in [5.74, 6) is -0.0773. The molecule has 3 rings (SSSR count). The van der Waals surface area contributed by atoms with Crippen LogP contribution in [0.2, 0.25) is 0 Å². The smallest absolute Gasteiger partial charge is 0.257 e. The summed E-state index contributed by atoms with van der Waals surface area (Å²) in [5, 5.41) is 2.87. The standard InChI is InChI=1S/C21H20FN3O2/c1-25(2)17-9-5-15(6-10-17)14-24-20(26)19-4-3-13-23-21(19)27-18-11-7-16(22)8-12-18/h3-13H,14H2,1-2H3,(H,24,26). The molecule has 1 heterocycles. The predicted octanol–water partition coefficient (Wildman–Crippen LogP) is 4.01. The van der Waals surface area contributed by atoms with Crippen LogP contribution in [0, 0.1) is 5.82 Å². The molecule has 0 aliphatic heterocycles. The number of anilines is 1. The van der Waals surface area contributed by atoms with Gasteiger partial charge in [-0.05, 0) is 54.1 Å². The minimum absolute atomic E-state index is 0.171. The number of aromatic nitrogens is 1. The number of nitrogens with zero attached hydrogens (tertiary/aromatic N) is 2. The lowest BCUT2D eigenvalue weighted by Crippen LogP contribution is -2.23. The van der Waals surface area contributed by atoms with Gasteiger partial charge in [0.05, 0.1) is 0 Å². The molecule has 0 aliphatic carbocycles. The van der Waals surface area contributed by atoms with Gasteiger partial charge in [-0.3, -0.25) is 4.79 Å². The highest BCUT2D eigenvalue weighted by atomic mass is 19.1. The van der Waals surface area contributed by atoms with Crippen molar-refractivity contribution in [1.29, 1.82) is 0 Å². The van der Waals surface area contributed by atoms with Crippen molar-refractivity contribution in [2.75, 3.05) is 19.0 Å². The van der Waals surface area contributed by atoms with E-state index in [1.807, 2.05) is 43.3 Å². The summed E-state index contributed by atoms with van der Waals surface area (Å²) in [7, 11) is 3.95. The highest BCUT2D eigenvalue weighted by molar-refractivity contribution is 5.96. The van der Waals surface area contributed by atoms with Crippen LogP contribution in [-0.4, -0.2) is 25.0 Å². The van der Waals surface area contributed by atoms with E-state index in [1.165, 1.54) is 30.5 Å². The van der Waals surface area contributed by atoms with Gasteiger partial charge >= 0.3 is 0 Å². The molecular weight excluding hydrogens is 345 g/mol. The van der Waals surface area contributed by atoms with Crippen molar-refractivity contribution in [3.05, 3.63) is 83.8 Å². The van der Waals surface area contributed by atoms with Crippen molar-refractivity contribution in [1.82, 2.24) is 10.3 Å². The van der Waals surface area contributed by atoms with E-state index in [1.54, 1.807) is 12.1 Å². The van der Waals surface area contributed by atoms with E-state index < -0.39 is 0 Å². The Labute approximate surface area is 157 Å². The number of pyridine rings is 1. The van der Waals surface area contributed by atoms with Crippen molar-refractivity contribution in [2.45, 2.75) is 6.54 Å². The van der Waals surface area contributed by atoms with Crippen molar-refractivity contribution < 1.29 is 13.9 Å². The number of hydrogen-bond donors (Lipinski definition) is 1. The molecular formula is C21H20FN3O2. The summed E-state index contributed by atoms with van der Waals surface area (Å²) in [6.07, 6.45) is 1.54. The van der Waals surface area contributed by atoms with Crippen LogP contribution in [0.25, 0.3) is 0 Å². The quantitative estimate of drug-likeness (QED) is 0.717. The first-order chi connectivity index (χ1) is 13.0. The summed E-state index contributed by atoms with van der Waals surface area (Å²) >= 11 is 0. The van der Waals surface area contributed by atoms with E-state index in [9.17, 15) is 9.18 Å². The summed E-state index contributed by atoms with van der Waals surface area (Å²) in [6, 6.07) is 16.8. The zero-order valence-electron chi connectivity index (χ0n) is 15.1. The lowest BCUT2D eigenvalue weighted by Gasteiger charge is -2.13. The second-order valence-corrected chi connectivity index (χ2v) is 6.16. The number of nitrogens with one attached hydrogen (secondary N) is 1. The third-order valence-electron chi connectivity index (χ3n) is 3.95. The molecule has 0 saturated heterocycles. The molecule has 3 aromatic rings. The Balaban J connectivity index is 1.68. The third kappa shape index (κ3) is 4.82. The third-order valence-corrected chi connectivity index (χ3v) is 3.95. The van der Waals surface area contributed by atoms with E-state index in [4.69, 9.17) is 4.74 Å². The molecule has 1 aromatic heterocycles. The molecule has 0 radical (unpaired) electrons. The summed E-state index contributed by atoms with van der Waals surface area (Å²) in [5.41, 5.74) is 2.39. The Morgan fingerprint density at radius 3 is 2.44 bits per heavy atom. The minimum Gasteiger partial charge on any atom is -0.438 e. The number of carbonyl (C=O) groups is 1. The normalized spacial score (nSPS) is 10.3. The van der Waals surface area contributed by atoms with Crippen LogP contribution in [0.4, 0.5) is 10.1 Å². The van der Waals surface area contributed by atoms with Gasteiger partial charge in [0.25, 0.3) is 5.91 Å². The summed E-state index contributed by atoms with van der Waals surface area (Å²) in [4.78, 5) is 18.7. The first kappa shape index (κ1) is 18.4. The average Bonchev–Trinajstić information content (AvgIpc) is 2.68. The predicted molar refractivity (Wildman–Crippen MR) is 103 cm³/mol. The monoisotopic (exact) mass is 365 g/mol. The van der Waals surface area contributed by atoms with Crippen molar-refractivity contribution in [3.63, 3.8) is 0 Å². The summed E-state index contributed by atoms with van der Waals surface area (Å²) < 4.78 is 18.7. The van der Waals surface area contributed by atoms with Gasteiger partial charge in [0, 0.05) is 32.5 Å². The Morgan fingerprint density at radius 1 is 1.07 bits per heavy atom. The number of benzene rings is 2. The Hall–Kier alpha value is -3.41. The first-order valence-corrected chi connectivity index (χ1v) is 8.46. The van der Waals surface area contributed by atoms with Gasteiger partial charge in [0.1, 0.15) is 17.1 Å². The van der Waals surface area contributed by atoms with Crippen molar-refractivity contribution in [3.8, 4) is 11.6 Å². The van der Waals surface area contributed by atoms with Crippen molar-refractivity contribution >= 4 is 11.6 Å². The van der Waals surface area contributed by atoms with Gasteiger partial charge in [-0.1, -0.05) is 12.1 Å². The molecule has 0 spiro atoms. The Kier molecular flexibility index (Phi) is 5.66. The lowest BCUT2D eigenvalue weighted by atomic mass is 10.2. The summed E-state index contributed by atoms with van der Waals surface area (Å²) in [6.45, 7) is 0.386. The Bertz CT molecular complexity index is 909. The Morgan fingerprint density at radius 2 is 1.78 bits per heavy atom. The van der Waals surface area contributed by atoms with E-state index in [-0.39, 0.29) is 17.6 Å². The highest BCUT2D eigenvalue weighted by Crippen LogP contribution is 2.23. The van der Waals surface area contributed by atoms with Crippen LogP contribution in [0.3, 0.4) is 0 Å². The van der Waals surface area contributed by atoms with Crippen LogP contribution < -0.4 is 15.0 Å². The van der Waals surface area contributed by atoms with Gasteiger partial charge in [0.2, 0.25) is 5.88 Å². The topological polar surface area (TPSA) is 54.5 Å². The van der Waals surface area contributed by atoms with E-state index in [0.29, 0.717) is 17.9 Å². The molecule has 27 heavy (non-hydrogen) atoms. The van der Waals surface area contributed by atoms with E-state index in [2.05, 4.69) is 10.3 Å². The van der Waals surface area contributed by atoms with Gasteiger partial charge in [-0.2, -0.15) is 0 Å². The van der Waals surface area contributed by atoms with E-state index in [0.717, 1.165) is 11.3 Å². The molecule has 0 atom stereocenters. The fourth-order valence-electron chi connectivity index (χ4n) is 2.45. The van der Waals surface area contributed by atoms with Crippen LogP contribution in [0.15, 0.2) is 66.9 Å². The van der Waals surface area contributed by atoms with Crippen LogP contribution in [0.1, 0.15) is 15.9 Å². The lowest BCUT2D eigenvalue weighted by molar-refractivity contribution is 0.0948. The molecule has 2 aromatic carbocycles. The fourth-order valence-corrected chi connectivity index (χ4v) is 2.45. The van der Waals surface area contributed by atoms with Gasteiger partial charge in [0.15, 0.2) is 0 Å². The second-order valence-electron chi connectivity index (χ2n) is 6.16. The number of halogens is 1. The van der Waals surface area contributed by atoms with Gasteiger partial charge in [-0.25, -0.2) is 9.37 Å². The fraction of sp³-hybridized carbons (Fsp3) is 0.143. The molecule has 0 unspecified atom stereocenters. The first-order valence-electron chi connectivity index (χ1n) is 8.46. The maximum Gasteiger partial charge on any atom is 0.257 e. The number of amides is 1. The number of carbonyl (C=O) groups excluding carboxylic acids is 1. The van der Waals surface area contributed by atoms with Crippen LogP contribution >= 0.6 is 0 Å². The molecule has 0 bridgehead atoms.